The summed E-state index contributed by atoms with van der Waals surface area (Å²) in [5.74, 6) is 0.153. The zero-order chi connectivity index (χ0) is 13.0. The number of benzene rings is 1. The second-order valence-electron chi connectivity index (χ2n) is 4.21. The molecule has 1 aromatic carbocycles. The molecular weight excluding hydrogens is 258 g/mol. The number of anilines is 1. The van der Waals surface area contributed by atoms with E-state index >= 15 is 0 Å². The van der Waals surface area contributed by atoms with Crippen LogP contribution in [0.25, 0.3) is 0 Å². The quantitative estimate of drug-likeness (QED) is 0.616. The maximum Gasteiger partial charge on any atom is 0.219 e. The van der Waals surface area contributed by atoms with E-state index in [1.807, 2.05) is 29.2 Å². The van der Waals surface area contributed by atoms with E-state index in [0.717, 1.165) is 37.6 Å². The molecule has 1 aliphatic rings. The molecule has 1 heterocycles. The topological polar surface area (TPSA) is 35.9 Å². The average Bonchev–Trinajstić information content (AvgIpc) is 2.40. The van der Waals surface area contributed by atoms with E-state index in [4.69, 9.17) is 0 Å². The van der Waals surface area contributed by atoms with Gasteiger partial charge in [0.2, 0.25) is 5.91 Å². The highest BCUT2D eigenvalue weighted by atomic mass is 32.1. The first-order valence-corrected chi connectivity index (χ1v) is 6.30. The van der Waals surface area contributed by atoms with Gasteiger partial charge in [0.15, 0.2) is 0 Å². The van der Waals surface area contributed by atoms with Crippen LogP contribution in [0, 0.1) is 0 Å². The normalized spacial score (nSPS) is 14.4. The summed E-state index contributed by atoms with van der Waals surface area (Å²) in [4.78, 5) is 19.3. The molecule has 1 amide bonds. The largest absolute Gasteiger partial charge is 0.368 e. The number of amides is 1. The summed E-state index contributed by atoms with van der Waals surface area (Å²) in [6, 6.07) is 7.89. The Balaban J connectivity index is 0.00000180. The van der Waals surface area contributed by atoms with Crippen LogP contribution in [-0.2, 0) is 4.79 Å². The summed E-state index contributed by atoms with van der Waals surface area (Å²) in [5.41, 5.74) is 1.97. The van der Waals surface area contributed by atoms with Crippen LogP contribution in [0.2, 0.25) is 0 Å². The van der Waals surface area contributed by atoms with Crippen LogP contribution in [-0.4, -0.2) is 42.1 Å². The van der Waals surface area contributed by atoms with Crippen LogP contribution in [0.1, 0.15) is 14.4 Å². The molecule has 1 saturated heterocycles. The van der Waals surface area contributed by atoms with Crippen LogP contribution in [0.4, 0.5) is 11.4 Å². The van der Waals surface area contributed by atoms with Crippen molar-refractivity contribution in [2.75, 3.05) is 31.1 Å². The van der Waals surface area contributed by atoms with Crippen LogP contribution in [0.15, 0.2) is 29.3 Å². The Kier molecular flexibility index (Phi) is 5.67. The van der Waals surface area contributed by atoms with E-state index in [2.05, 4.69) is 27.3 Å². The van der Waals surface area contributed by atoms with Crippen molar-refractivity contribution < 1.29 is 4.79 Å². The summed E-state index contributed by atoms with van der Waals surface area (Å²) >= 11 is 4.56. The molecule has 4 nitrogen and oxygen atoms in total. The third kappa shape index (κ3) is 3.88. The highest BCUT2D eigenvalue weighted by molar-refractivity contribution is 7.78. The highest BCUT2D eigenvalue weighted by Crippen LogP contribution is 2.20. The van der Waals surface area contributed by atoms with E-state index in [0.29, 0.717) is 0 Å². The van der Waals surface area contributed by atoms with Crippen molar-refractivity contribution in [3.8, 4) is 0 Å². The van der Waals surface area contributed by atoms with Gasteiger partial charge in [-0.3, -0.25) is 4.79 Å². The summed E-state index contributed by atoms with van der Waals surface area (Å²) < 4.78 is 0. The number of nitrogens with zero attached hydrogens (tertiary/aromatic N) is 3. The predicted octanol–water partition coefficient (Wildman–Crippen LogP) is 2.73. The van der Waals surface area contributed by atoms with Gasteiger partial charge in [0.05, 0.1) is 10.8 Å². The van der Waals surface area contributed by atoms with Crippen LogP contribution < -0.4 is 4.90 Å². The lowest BCUT2D eigenvalue weighted by Crippen LogP contribution is -2.48. The molecule has 0 aromatic heterocycles. The Morgan fingerprint density at radius 3 is 2.26 bits per heavy atom. The lowest BCUT2D eigenvalue weighted by molar-refractivity contribution is -0.129. The van der Waals surface area contributed by atoms with Crippen molar-refractivity contribution in [2.45, 2.75) is 14.4 Å². The fraction of sp³-hybridized carbons (Fsp3) is 0.429. The first-order chi connectivity index (χ1) is 8.70. The van der Waals surface area contributed by atoms with E-state index in [1.165, 1.54) is 0 Å². The fourth-order valence-corrected chi connectivity index (χ4v) is 2.18. The zero-order valence-electron chi connectivity index (χ0n) is 10.3. The molecular formula is C14H19N3OS. The van der Waals surface area contributed by atoms with Crippen molar-refractivity contribution in [3.05, 3.63) is 24.3 Å². The minimum Gasteiger partial charge on any atom is -0.368 e. The third-order valence-electron chi connectivity index (χ3n) is 3.11. The molecule has 102 valence electrons. The number of isothiocyanates is 1. The van der Waals surface area contributed by atoms with Gasteiger partial charge >= 0.3 is 0 Å². The standard InChI is InChI=1S/C13H15N3OS.CH4/c1-11(17)15-6-8-16(9-7-15)13-4-2-12(3-5-13)14-10-18;/h2-5H,6-9H2,1H3;1H4. The summed E-state index contributed by atoms with van der Waals surface area (Å²) in [7, 11) is 0. The van der Waals surface area contributed by atoms with Crippen LogP contribution >= 0.6 is 12.2 Å². The molecule has 0 saturated carbocycles. The minimum atomic E-state index is 0. The summed E-state index contributed by atoms with van der Waals surface area (Å²) in [6.07, 6.45) is 0. The second-order valence-corrected chi connectivity index (χ2v) is 4.40. The fourth-order valence-electron chi connectivity index (χ4n) is 2.07. The molecule has 0 bridgehead atoms. The van der Waals surface area contributed by atoms with Gasteiger partial charge in [0.1, 0.15) is 0 Å². The van der Waals surface area contributed by atoms with E-state index < -0.39 is 0 Å². The van der Waals surface area contributed by atoms with Crippen molar-refractivity contribution in [1.29, 1.82) is 0 Å². The van der Waals surface area contributed by atoms with Crippen molar-refractivity contribution >= 4 is 34.7 Å². The Morgan fingerprint density at radius 2 is 1.79 bits per heavy atom. The molecule has 0 N–H and O–H groups in total. The van der Waals surface area contributed by atoms with Crippen LogP contribution in [0.5, 0.6) is 0 Å². The Bertz CT molecular complexity index is 472. The maximum absolute atomic E-state index is 11.2. The Labute approximate surface area is 119 Å². The molecule has 5 heteroatoms. The van der Waals surface area contributed by atoms with Gasteiger partial charge in [-0.25, -0.2) is 0 Å². The van der Waals surface area contributed by atoms with E-state index in [9.17, 15) is 4.79 Å². The number of hydrogen-bond acceptors (Lipinski definition) is 4. The third-order valence-corrected chi connectivity index (χ3v) is 3.21. The smallest absolute Gasteiger partial charge is 0.219 e. The molecule has 0 aliphatic carbocycles. The molecule has 0 atom stereocenters. The predicted molar refractivity (Wildman–Crippen MR) is 82.3 cm³/mol. The maximum atomic E-state index is 11.2. The lowest BCUT2D eigenvalue weighted by Gasteiger charge is -2.35. The van der Waals surface area contributed by atoms with E-state index in [-0.39, 0.29) is 13.3 Å². The van der Waals surface area contributed by atoms with Gasteiger partial charge < -0.3 is 9.80 Å². The number of carbonyl (C=O) groups is 1. The first kappa shape index (κ1) is 15.3. The minimum absolute atomic E-state index is 0. The Hall–Kier alpha value is -1.71. The molecule has 1 aromatic rings. The Morgan fingerprint density at radius 1 is 1.21 bits per heavy atom. The lowest BCUT2D eigenvalue weighted by atomic mass is 10.2. The monoisotopic (exact) mass is 277 g/mol. The SMILES string of the molecule is C.CC(=O)N1CCN(c2ccc(N=C=S)cc2)CC1. The van der Waals surface area contributed by atoms with E-state index in [1.54, 1.807) is 6.92 Å². The summed E-state index contributed by atoms with van der Waals surface area (Å²) in [6.45, 7) is 4.93. The second kappa shape index (κ2) is 7.02. The number of carbonyl (C=O) groups excluding carboxylic acids is 1. The average molecular weight is 277 g/mol. The summed E-state index contributed by atoms with van der Waals surface area (Å²) in [5, 5.41) is 2.35. The van der Waals surface area contributed by atoms with Crippen molar-refractivity contribution in [3.63, 3.8) is 0 Å². The zero-order valence-corrected chi connectivity index (χ0v) is 11.1. The highest BCUT2D eigenvalue weighted by Gasteiger charge is 2.18. The van der Waals surface area contributed by atoms with Crippen molar-refractivity contribution in [2.24, 2.45) is 4.99 Å². The number of thiocarbonyl (C=S) groups is 1. The molecule has 19 heavy (non-hydrogen) atoms. The molecule has 1 fully saturated rings. The van der Waals surface area contributed by atoms with Crippen LogP contribution in [0.3, 0.4) is 0 Å². The molecule has 1 aliphatic heterocycles. The van der Waals surface area contributed by atoms with Gasteiger partial charge in [-0.1, -0.05) is 7.43 Å². The molecule has 2 rings (SSSR count). The van der Waals surface area contributed by atoms with Gasteiger partial charge in [-0.15, -0.1) is 0 Å². The number of aliphatic imine (C=N–C) groups is 1. The number of rotatable bonds is 2. The van der Waals surface area contributed by atoms with Gasteiger partial charge in [-0.05, 0) is 36.5 Å². The van der Waals surface area contributed by atoms with Crippen molar-refractivity contribution in [1.82, 2.24) is 4.90 Å². The van der Waals surface area contributed by atoms with Gasteiger partial charge in [-0.2, -0.15) is 4.99 Å². The van der Waals surface area contributed by atoms with Gasteiger partial charge in [0.25, 0.3) is 0 Å². The molecule has 0 radical (unpaired) electrons. The van der Waals surface area contributed by atoms with Gasteiger partial charge in [0, 0.05) is 38.8 Å². The molecule has 0 unspecified atom stereocenters. The number of piperazine rings is 1. The first-order valence-electron chi connectivity index (χ1n) is 5.89. The number of hydrogen-bond donors (Lipinski definition) is 0. The molecule has 0 spiro atoms.